The summed E-state index contributed by atoms with van der Waals surface area (Å²) in [5, 5.41) is 21.7. The van der Waals surface area contributed by atoms with Crippen LogP contribution in [0.2, 0.25) is 0 Å². The first-order chi connectivity index (χ1) is 19.3. The van der Waals surface area contributed by atoms with Crippen molar-refractivity contribution in [1.82, 2.24) is 14.8 Å². The average Bonchev–Trinajstić information content (AvgIpc) is 3.29. The van der Waals surface area contributed by atoms with Crippen LogP contribution in [-0.2, 0) is 28.0 Å². The Morgan fingerprint density at radius 3 is 2.65 bits per heavy atom. The van der Waals surface area contributed by atoms with Crippen molar-refractivity contribution < 1.29 is 22.9 Å². The molecule has 2 aromatic carbocycles. The highest BCUT2D eigenvalue weighted by Gasteiger charge is 2.30. The zero-order valence-corrected chi connectivity index (χ0v) is 23.2. The van der Waals surface area contributed by atoms with Gasteiger partial charge in [-0.2, -0.15) is 5.10 Å². The quantitative estimate of drug-likeness (QED) is 0.186. The molecule has 0 spiro atoms. The molecule has 11 heteroatoms. The number of rotatable bonds is 9. The minimum absolute atomic E-state index is 0.0372. The largest absolute Gasteiger partial charge is 0.476 e. The van der Waals surface area contributed by atoms with Crippen LogP contribution in [0.3, 0.4) is 0 Å². The van der Waals surface area contributed by atoms with E-state index in [-0.39, 0.29) is 16.4 Å². The number of carboxylic acid groups (broad SMARTS) is 1. The lowest BCUT2D eigenvalue weighted by atomic mass is 9.94. The number of halogens is 2. The zero-order valence-electron chi connectivity index (χ0n) is 21.4. The highest BCUT2D eigenvalue weighted by atomic mass is 32.2. The smallest absolute Gasteiger partial charge is 0.355 e. The van der Waals surface area contributed by atoms with Crippen molar-refractivity contribution in [3.63, 3.8) is 0 Å². The van der Waals surface area contributed by atoms with Crippen molar-refractivity contribution in [3.8, 4) is 16.4 Å². The van der Waals surface area contributed by atoms with E-state index in [9.17, 15) is 22.9 Å². The molecular weight excluding hydrogens is 554 g/mol. The molecule has 0 amide bonds. The number of hydrogen-bond donors (Lipinski definition) is 2. The lowest BCUT2D eigenvalue weighted by Gasteiger charge is -2.10. The van der Waals surface area contributed by atoms with E-state index in [2.05, 4.69) is 11.1 Å². The highest BCUT2D eigenvalue weighted by molar-refractivity contribution is 7.82. The van der Waals surface area contributed by atoms with E-state index < -0.39 is 22.8 Å². The topological polar surface area (TPSA) is 111 Å². The third-order valence-corrected chi connectivity index (χ3v) is 9.07. The van der Waals surface area contributed by atoms with Gasteiger partial charge >= 0.3 is 5.97 Å². The molecule has 2 aromatic heterocycles. The molecule has 0 radical (unpaired) electrons. The average molecular weight is 582 g/mol. The number of thiazole rings is 1. The first-order valence-corrected chi connectivity index (χ1v) is 15.3. The maximum atomic E-state index is 14.9. The fraction of sp³-hybridized carbons (Fsp3) is 0.276. The Morgan fingerprint density at radius 1 is 1.18 bits per heavy atom. The molecule has 2 aliphatic rings. The van der Waals surface area contributed by atoms with E-state index in [1.54, 1.807) is 16.8 Å². The number of hydrogen-bond acceptors (Lipinski definition) is 5. The number of nitrogens with two attached hydrogens (primary N) is 1. The SMILES string of the molecule is N[SH+](=O)c1ccc(Cc2c(-c3ccc(F)c(C4=CCCC4)c3)nn(-c3nc(C(=O)O)cs3)c2CC2CC2)cc1F. The normalized spacial score (nSPS) is 15.8. The number of thiol groups is 1. The molecule has 7 nitrogen and oxygen atoms in total. The van der Waals surface area contributed by atoms with Gasteiger partial charge in [-0.05, 0) is 85.9 Å². The van der Waals surface area contributed by atoms with E-state index in [1.165, 1.54) is 34.9 Å². The molecule has 2 heterocycles. The summed E-state index contributed by atoms with van der Waals surface area (Å²) in [6.45, 7) is 0. The Bertz CT molecular complexity index is 1690. The maximum absolute atomic E-state index is 14.9. The zero-order chi connectivity index (χ0) is 28.0. The molecule has 1 atom stereocenters. The van der Waals surface area contributed by atoms with E-state index >= 15 is 0 Å². The number of aromatic nitrogens is 3. The number of allylic oxidation sites excluding steroid dienone is 2. The maximum Gasteiger partial charge on any atom is 0.355 e. The lowest BCUT2D eigenvalue weighted by Crippen LogP contribution is -2.07. The Labute approximate surface area is 236 Å². The van der Waals surface area contributed by atoms with Crippen LogP contribution in [0.5, 0.6) is 0 Å². The second kappa shape index (κ2) is 10.8. The van der Waals surface area contributed by atoms with Crippen LogP contribution in [0.1, 0.15) is 65.0 Å². The molecule has 0 saturated heterocycles. The van der Waals surface area contributed by atoms with Crippen molar-refractivity contribution in [1.29, 1.82) is 0 Å². The van der Waals surface area contributed by atoms with Crippen molar-refractivity contribution >= 4 is 33.9 Å². The molecule has 1 unspecified atom stereocenters. The van der Waals surface area contributed by atoms with Gasteiger partial charge in [-0.1, -0.05) is 16.4 Å². The van der Waals surface area contributed by atoms with Gasteiger partial charge in [0, 0.05) is 28.5 Å². The Hall–Kier alpha value is -3.54. The van der Waals surface area contributed by atoms with Gasteiger partial charge in [-0.25, -0.2) is 23.2 Å². The predicted octanol–water partition coefficient (Wildman–Crippen LogP) is 6.01. The van der Waals surface area contributed by atoms with E-state index in [0.29, 0.717) is 46.3 Å². The fourth-order valence-electron chi connectivity index (χ4n) is 5.20. The number of nitrogens with zero attached hydrogens (tertiary/aromatic N) is 3. The first-order valence-electron chi connectivity index (χ1n) is 13.1. The van der Waals surface area contributed by atoms with Crippen LogP contribution >= 0.6 is 11.3 Å². The van der Waals surface area contributed by atoms with E-state index in [0.717, 1.165) is 48.9 Å². The molecular formula is C29H27F2N4O3S2+. The fourth-order valence-corrected chi connectivity index (χ4v) is 6.47. The van der Waals surface area contributed by atoms with Gasteiger partial charge in [0.15, 0.2) is 22.5 Å². The van der Waals surface area contributed by atoms with Gasteiger partial charge < -0.3 is 5.11 Å². The number of carboxylic acids is 1. The van der Waals surface area contributed by atoms with Crippen LogP contribution < -0.4 is 5.14 Å². The lowest BCUT2D eigenvalue weighted by molar-refractivity contribution is 0.0691. The van der Waals surface area contributed by atoms with Crippen molar-refractivity contribution in [2.24, 2.45) is 11.1 Å². The molecule has 2 aliphatic carbocycles. The highest BCUT2D eigenvalue weighted by Crippen LogP contribution is 2.39. The molecule has 40 heavy (non-hydrogen) atoms. The summed E-state index contributed by atoms with van der Waals surface area (Å²) in [4.78, 5) is 15.8. The summed E-state index contributed by atoms with van der Waals surface area (Å²) in [7, 11) is -2.32. The van der Waals surface area contributed by atoms with Crippen molar-refractivity contribution in [3.05, 3.63) is 87.6 Å². The summed E-state index contributed by atoms with van der Waals surface area (Å²) in [6.07, 6.45) is 7.91. The molecule has 4 aromatic rings. The Balaban J connectivity index is 1.53. The minimum Gasteiger partial charge on any atom is -0.476 e. The van der Waals surface area contributed by atoms with Crippen LogP contribution in [-0.4, -0.2) is 25.8 Å². The van der Waals surface area contributed by atoms with Gasteiger partial charge in [-0.3, -0.25) is 0 Å². The summed E-state index contributed by atoms with van der Waals surface area (Å²) in [5.74, 6) is -1.60. The Kier molecular flexibility index (Phi) is 7.20. The van der Waals surface area contributed by atoms with Crippen LogP contribution in [0, 0.1) is 17.6 Å². The summed E-state index contributed by atoms with van der Waals surface area (Å²) < 4.78 is 43.1. The first kappa shape index (κ1) is 26.7. The molecule has 206 valence electrons. The second-order valence-corrected chi connectivity index (χ2v) is 12.2. The van der Waals surface area contributed by atoms with E-state index in [4.69, 9.17) is 10.2 Å². The molecule has 6 rings (SSSR count). The predicted molar refractivity (Wildman–Crippen MR) is 151 cm³/mol. The molecule has 3 N–H and O–H groups in total. The summed E-state index contributed by atoms with van der Waals surface area (Å²) in [5.41, 5.74) is 5.11. The van der Waals surface area contributed by atoms with Gasteiger partial charge in [0.25, 0.3) is 0 Å². The van der Waals surface area contributed by atoms with Crippen LogP contribution in [0.25, 0.3) is 22.0 Å². The van der Waals surface area contributed by atoms with Gasteiger partial charge in [0.1, 0.15) is 5.82 Å². The molecule has 1 fully saturated rings. The summed E-state index contributed by atoms with van der Waals surface area (Å²) in [6, 6.07) is 9.44. The third kappa shape index (κ3) is 5.28. The van der Waals surface area contributed by atoms with E-state index in [1.807, 2.05) is 6.07 Å². The van der Waals surface area contributed by atoms with Crippen molar-refractivity contribution in [2.75, 3.05) is 0 Å². The van der Waals surface area contributed by atoms with Crippen LogP contribution in [0.4, 0.5) is 8.78 Å². The minimum atomic E-state index is -2.32. The number of aromatic carboxylic acids is 1. The van der Waals surface area contributed by atoms with Gasteiger partial charge in [-0.15, -0.1) is 16.5 Å². The molecule has 0 bridgehead atoms. The Morgan fingerprint density at radius 2 is 2.00 bits per heavy atom. The van der Waals surface area contributed by atoms with Gasteiger partial charge in [0.2, 0.25) is 10.0 Å². The van der Waals surface area contributed by atoms with Gasteiger partial charge in [0.05, 0.1) is 11.4 Å². The number of benzene rings is 2. The third-order valence-electron chi connectivity index (χ3n) is 7.42. The standard InChI is InChI=1S/C29H26F2N4O3S2/c30-22-9-8-19(14-20(22)18-3-1-2-4-18)27-21(11-17-7-10-26(40(32)38)23(31)12-17)25(13-16-5-6-16)35(34-27)29-33-24(15-39-29)28(36)37/h3,7-10,12,14-16H,1-2,4-6,11,13H2,(H2,32,38)(H,36,37)/p+1. The monoisotopic (exact) mass is 581 g/mol. The molecule has 0 aliphatic heterocycles. The number of carbonyl (C=O) groups is 1. The molecule has 1 saturated carbocycles. The van der Waals surface area contributed by atoms with Crippen molar-refractivity contribution in [2.45, 2.75) is 49.8 Å². The second-order valence-electron chi connectivity index (χ2n) is 10.3. The summed E-state index contributed by atoms with van der Waals surface area (Å²) >= 11 is 1.18. The van der Waals surface area contributed by atoms with Crippen LogP contribution in [0.15, 0.2) is 52.7 Å².